The van der Waals surface area contributed by atoms with Crippen molar-refractivity contribution < 1.29 is 4.74 Å². The summed E-state index contributed by atoms with van der Waals surface area (Å²) in [4.78, 5) is 2.65. The van der Waals surface area contributed by atoms with Crippen LogP contribution in [-0.4, -0.2) is 49.8 Å². The van der Waals surface area contributed by atoms with Crippen LogP contribution in [0.1, 0.15) is 59.3 Å². The standard InChI is InChI=1S/C17H34N2O/c1-4-10-17(3,13-18-15-8-9-15)14-19-11-6-7-16(12-19)20-5-2/h15-16,18H,4-14H2,1-3H3. The number of hydrogen-bond acceptors (Lipinski definition) is 3. The molecule has 1 aliphatic carbocycles. The maximum Gasteiger partial charge on any atom is 0.0702 e. The number of nitrogens with one attached hydrogen (secondary N) is 1. The maximum atomic E-state index is 5.84. The van der Waals surface area contributed by atoms with Crippen LogP contribution in [0.3, 0.4) is 0 Å². The third-order valence-corrected chi connectivity index (χ3v) is 4.72. The fourth-order valence-electron chi connectivity index (χ4n) is 3.57. The van der Waals surface area contributed by atoms with Crippen molar-refractivity contribution in [1.29, 1.82) is 0 Å². The van der Waals surface area contributed by atoms with Gasteiger partial charge in [-0.2, -0.15) is 0 Å². The molecule has 20 heavy (non-hydrogen) atoms. The molecule has 0 aromatic heterocycles. The lowest BCUT2D eigenvalue weighted by Gasteiger charge is -2.39. The molecule has 1 heterocycles. The summed E-state index contributed by atoms with van der Waals surface area (Å²) >= 11 is 0. The van der Waals surface area contributed by atoms with Gasteiger partial charge in [0, 0.05) is 32.3 Å². The number of likely N-dealkylation sites (tertiary alicyclic amines) is 1. The van der Waals surface area contributed by atoms with Crippen LogP contribution >= 0.6 is 0 Å². The highest BCUT2D eigenvalue weighted by Gasteiger charge is 2.31. The summed E-state index contributed by atoms with van der Waals surface area (Å²) in [6, 6.07) is 0.823. The van der Waals surface area contributed by atoms with Gasteiger partial charge in [-0.15, -0.1) is 0 Å². The van der Waals surface area contributed by atoms with E-state index < -0.39 is 0 Å². The van der Waals surface area contributed by atoms with E-state index in [9.17, 15) is 0 Å². The van der Waals surface area contributed by atoms with Crippen molar-refractivity contribution in [3.63, 3.8) is 0 Å². The van der Waals surface area contributed by atoms with Gasteiger partial charge in [-0.05, 0) is 51.0 Å². The second kappa shape index (κ2) is 7.77. The fourth-order valence-corrected chi connectivity index (χ4v) is 3.57. The lowest BCUT2D eigenvalue weighted by Crippen LogP contribution is -2.48. The predicted molar refractivity (Wildman–Crippen MR) is 85.1 cm³/mol. The first-order valence-corrected chi connectivity index (χ1v) is 8.72. The molecule has 1 saturated heterocycles. The zero-order chi connectivity index (χ0) is 14.4. The lowest BCUT2D eigenvalue weighted by atomic mass is 9.84. The third-order valence-electron chi connectivity index (χ3n) is 4.72. The molecule has 0 amide bonds. The van der Waals surface area contributed by atoms with Crippen LogP contribution in [0, 0.1) is 5.41 Å². The normalized spacial score (nSPS) is 27.4. The quantitative estimate of drug-likeness (QED) is 0.703. The van der Waals surface area contributed by atoms with Crippen molar-refractivity contribution in [3.05, 3.63) is 0 Å². The number of nitrogens with zero attached hydrogens (tertiary/aromatic N) is 1. The Hall–Kier alpha value is -0.120. The molecule has 0 radical (unpaired) electrons. The van der Waals surface area contributed by atoms with E-state index in [1.807, 2.05) is 0 Å². The van der Waals surface area contributed by atoms with E-state index in [-0.39, 0.29) is 0 Å². The van der Waals surface area contributed by atoms with Crippen molar-refractivity contribution in [2.45, 2.75) is 71.4 Å². The summed E-state index contributed by atoms with van der Waals surface area (Å²) in [5.74, 6) is 0. The molecule has 0 bridgehead atoms. The molecule has 0 aromatic rings. The molecule has 1 saturated carbocycles. The van der Waals surface area contributed by atoms with Gasteiger partial charge in [-0.25, -0.2) is 0 Å². The van der Waals surface area contributed by atoms with E-state index in [4.69, 9.17) is 4.74 Å². The van der Waals surface area contributed by atoms with Gasteiger partial charge in [0.25, 0.3) is 0 Å². The SMILES string of the molecule is CCCC(C)(CNC1CC1)CN1CCCC(OCC)C1. The van der Waals surface area contributed by atoms with Crippen molar-refractivity contribution in [3.8, 4) is 0 Å². The minimum atomic E-state index is 0.422. The Bertz CT molecular complexity index is 278. The fraction of sp³-hybridized carbons (Fsp3) is 1.00. The largest absolute Gasteiger partial charge is 0.377 e. The van der Waals surface area contributed by atoms with Gasteiger partial charge >= 0.3 is 0 Å². The summed E-state index contributed by atoms with van der Waals surface area (Å²) < 4.78 is 5.84. The van der Waals surface area contributed by atoms with Gasteiger partial charge in [0.2, 0.25) is 0 Å². The first-order valence-electron chi connectivity index (χ1n) is 8.72. The molecular formula is C17H34N2O. The molecule has 0 spiro atoms. The topological polar surface area (TPSA) is 24.5 Å². The lowest BCUT2D eigenvalue weighted by molar-refractivity contribution is -0.00613. The van der Waals surface area contributed by atoms with Crippen molar-refractivity contribution >= 4 is 0 Å². The van der Waals surface area contributed by atoms with Crippen LogP contribution in [0.25, 0.3) is 0 Å². The summed E-state index contributed by atoms with van der Waals surface area (Å²) in [5.41, 5.74) is 0.422. The number of ether oxygens (including phenoxy) is 1. The van der Waals surface area contributed by atoms with E-state index in [1.165, 1.54) is 58.2 Å². The average Bonchev–Trinajstić information content (AvgIpc) is 3.22. The van der Waals surface area contributed by atoms with E-state index in [2.05, 4.69) is 31.0 Å². The van der Waals surface area contributed by atoms with Crippen molar-refractivity contribution in [1.82, 2.24) is 10.2 Å². The molecule has 2 rings (SSSR count). The molecule has 2 fully saturated rings. The zero-order valence-corrected chi connectivity index (χ0v) is 13.8. The van der Waals surface area contributed by atoms with Gasteiger partial charge in [0.05, 0.1) is 6.10 Å². The Morgan fingerprint density at radius 3 is 2.70 bits per heavy atom. The summed E-state index contributed by atoms with van der Waals surface area (Å²) in [6.45, 7) is 12.5. The van der Waals surface area contributed by atoms with Gasteiger partial charge in [-0.1, -0.05) is 20.3 Å². The molecule has 2 unspecified atom stereocenters. The van der Waals surface area contributed by atoms with E-state index in [1.54, 1.807) is 0 Å². The minimum absolute atomic E-state index is 0.422. The van der Waals surface area contributed by atoms with Crippen molar-refractivity contribution in [2.24, 2.45) is 5.41 Å². The van der Waals surface area contributed by atoms with Crippen LogP contribution in [-0.2, 0) is 4.74 Å². The van der Waals surface area contributed by atoms with Crippen LogP contribution in [0.5, 0.6) is 0 Å². The molecule has 0 aromatic carbocycles. The summed E-state index contributed by atoms with van der Waals surface area (Å²) in [7, 11) is 0. The smallest absolute Gasteiger partial charge is 0.0702 e. The molecule has 3 nitrogen and oxygen atoms in total. The number of hydrogen-bond donors (Lipinski definition) is 1. The highest BCUT2D eigenvalue weighted by atomic mass is 16.5. The second-order valence-electron chi connectivity index (χ2n) is 7.17. The Kier molecular flexibility index (Phi) is 6.31. The monoisotopic (exact) mass is 282 g/mol. The number of rotatable bonds is 9. The van der Waals surface area contributed by atoms with E-state index >= 15 is 0 Å². The van der Waals surface area contributed by atoms with E-state index in [0.717, 1.165) is 19.2 Å². The first kappa shape index (κ1) is 16.3. The number of piperidine rings is 1. The summed E-state index contributed by atoms with van der Waals surface area (Å²) in [5, 5.41) is 3.75. The Morgan fingerprint density at radius 2 is 2.05 bits per heavy atom. The third kappa shape index (κ3) is 5.34. The van der Waals surface area contributed by atoms with Gasteiger partial charge in [0.15, 0.2) is 0 Å². The Balaban J connectivity index is 1.81. The molecule has 3 heteroatoms. The Labute approximate surface area is 125 Å². The van der Waals surface area contributed by atoms with Crippen molar-refractivity contribution in [2.75, 3.05) is 32.8 Å². The zero-order valence-electron chi connectivity index (χ0n) is 13.8. The van der Waals surface area contributed by atoms with Crippen LogP contribution in [0.15, 0.2) is 0 Å². The highest BCUT2D eigenvalue weighted by Crippen LogP contribution is 2.28. The maximum absolute atomic E-state index is 5.84. The van der Waals surface area contributed by atoms with Crippen LogP contribution < -0.4 is 5.32 Å². The molecule has 118 valence electrons. The molecule has 1 aliphatic heterocycles. The van der Waals surface area contributed by atoms with Crippen LogP contribution in [0.4, 0.5) is 0 Å². The van der Waals surface area contributed by atoms with Gasteiger partial charge < -0.3 is 15.0 Å². The average molecular weight is 282 g/mol. The van der Waals surface area contributed by atoms with E-state index in [0.29, 0.717) is 11.5 Å². The second-order valence-corrected chi connectivity index (χ2v) is 7.17. The minimum Gasteiger partial charge on any atom is -0.377 e. The first-order chi connectivity index (χ1) is 9.65. The highest BCUT2D eigenvalue weighted by molar-refractivity contribution is 4.88. The molecular weight excluding hydrogens is 248 g/mol. The van der Waals surface area contributed by atoms with Gasteiger partial charge in [-0.3, -0.25) is 0 Å². The van der Waals surface area contributed by atoms with Crippen LogP contribution in [0.2, 0.25) is 0 Å². The van der Waals surface area contributed by atoms with Gasteiger partial charge in [0.1, 0.15) is 0 Å². The molecule has 1 N–H and O–H groups in total. The summed E-state index contributed by atoms with van der Waals surface area (Å²) in [6.07, 6.45) is 8.39. The Morgan fingerprint density at radius 1 is 1.25 bits per heavy atom. The molecule has 2 aliphatic rings. The predicted octanol–water partition coefficient (Wildman–Crippen LogP) is 3.05. The molecule has 2 atom stereocenters.